The molecule has 1 atom stereocenters. The number of nitrogens with zero attached hydrogens (tertiary/aromatic N) is 1. The molecule has 0 aliphatic heterocycles. The van der Waals surface area contributed by atoms with E-state index in [9.17, 15) is 0 Å². The van der Waals surface area contributed by atoms with E-state index in [1.54, 1.807) is 6.20 Å². The quantitative estimate of drug-likeness (QED) is 0.778. The number of aromatic nitrogens is 1. The molecule has 0 saturated carbocycles. The van der Waals surface area contributed by atoms with Crippen molar-refractivity contribution < 1.29 is 4.84 Å². The molecule has 1 unspecified atom stereocenters. The molecule has 0 aromatic carbocycles. The fourth-order valence-corrected chi connectivity index (χ4v) is 1.75. The van der Waals surface area contributed by atoms with Crippen LogP contribution in [-0.2, 0) is 4.84 Å². The van der Waals surface area contributed by atoms with Crippen molar-refractivity contribution >= 4 is 27.3 Å². The molecule has 2 N–H and O–H groups in total. The van der Waals surface area contributed by atoms with Crippen molar-refractivity contribution in [2.45, 2.75) is 13.0 Å². The Morgan fingerprint density at radius 1 is 1.90 bits per heavy atom. The minimum absolute atomic E-state index is 0.115. The van der Waals surface area contributed by atoms with Gasteiger partial charge in [-0.1, -0.05) is 0 Å². The van der Waals surface area contributed by atoms with Gasteiger partial charge >= 0.3 is 0 Å². The number of thiazole rings is 1. The molecule has 1 rings (SSSR count). The predicted molar refractivity (Wildman–Crippen MR) is 43.5 cm³/mol. The summed E-state index contributed by atoms with van der Waals surface area (Å²) in [4.78, 5) is 8.63. The Hall–Kier alpha value is 0.0300. The van der Waals surface area contributed by atoms with Crippen LogP contribution in [0.25, 0.3) is 0 Å². The largest absolute Gasteiger partial charge is 0.294 e. The number of nitrogens with two attached hydrogens (primary N) is 1. The van der Waals surface area contributed by atoms with Gasteiger partial charge in [0.05, 0.1) is 9.98 Å². The van der Waals surface area contributed by atoms with Crippen LogP contribution in [0.15, 0.2) is 9.98 Å². The van der Waals surface area contributed by atoms with Crippen LogP contribution in [0, 0.1) is 0 Å². The number of hydrogen-bond donors (Lipinski definition) is 1. The summed E-state index contributed by atoms with van der Waals surface area (Å²) in [6.45, 7) is 1.85. The molecule has 0 bridgehead atoms. The third-order valence-electron chi connectivity index (χ3n) is 1.05. The highest BCUT2D eigenvalue weighted by molar-refractivity contribution is 9.11. The summed E-state index contributed by atoms with van der Waals surface area (Å²) >= 11 is 4.81. The van der Waals surface area contributed by atoms with Crippen molar-refractivity contribution in [1.82, 2.24) is 4.98 Å². The van der Waals surface area contributed by atoms with E-state index in [0.29, 0.717) is 0 Å². The number of halogens is 1. The van der Waals surface area contributed by atoms with Crippen LogP contribution in [-0.4, -0.2) is 4.98 Å². The predicted octanol–water partition coefficient (Wildman–Crippen LogP) is 1.86. The molecule has 3 nitrogen and oxygen atoms in total. The van der Waals surface area contributed by atoms with Gasteiger partial charge in [0.25, 0.3) is 0 Å². The van der Waals surface area contributed by atoms with Crippen LogP contribution >= 0.6 is 27.3 Å². The first-order valence-electron chi connectivity index (χ1n) is 2.71. The Labute approximate surface area is 71.3 Å². The van der Waals surface area contributed by atoms with Crippen molar-refractivity contribution in [2.75, 3.05) is 0 Å². The zero-order valence-electron chi connectivity index (χ0n) is 5.37. The second-order valence-corrected chi connectivity index (χ2v) is 4.22. The first-order valence-corrected chi connectivity index (χ1v) is 4.31. The lowest BCUT2D eigenvalue weighted by molar-refractivity contribution is 0.0662. The molecule has 0 fully saturated rings. The molecule has 10 heavy (non-hydrogen) atoms. The zero-order valence-corrected chi connectivity index (χ0v) is 7.78. The van der Waals surface area contributed by atoms with E-state index in [1.165, 1.54) is 11.3 Å². The summed E-state index contributed by atoms with van der Waals surface area (Å²) in [6.07, 6.45) is 1.62. The summed E-state index contributed by atoms with van der Waals surface area (Å²) in [5.41, 5.74) is 0. The van der Waals surface area contributed by atoms with Crippen LogP contribution in [0.3, 0.4) is 0 Å². The van der Waals surface area contributed by atoms with Gasteiger partial charge in [0.2, 0.25) is 0 Å². The van der Waals surface area contributed by atoms with Gasteiger partial charge in [0, 0.05) is 0 Å². The second-order valence-electron chi connectivity index (χ2n) is 1.78. The standard InChI is InChI=1S/C5H7BrN2OS/c1-3(9-7)5-8-2-4(6)10-5/h2-3H,7H2,1H3. The molecular formula is C5H7BrN2OS. The normalized spacial score (nSPS) is 13.5. The van der Waals surface area contributed by atoms with Crippen molar-refractivity contribution in [3.63, 3.8) is 0 Å². The maximum atomic E-state index is 4.96. The maximum absolute atomic E-state index is 4.96. The Morgan fingerprint density at radius 2 is 2.60 bits per heavy atom. The molecule has 0 amide bonds. The van der Waals surface area contributed by atoms with Gasteiger partial charge in [-0.2, -0.15) is 0 Å². The SMILES string of the molecule is CC(ON)c1ncc(Br)s1. The first-order chi connectivity index (χ1) is 4.74. The highest BCUT2D eigenvalue weighted by Crippen LogP contribution is 2.24. The summed E-state index contributed by atoms with van der Waals surface area (Å²) in [6, 6.07) is 0. The minimum Gasteiger partial charge on any atom is -0.294 e. The maximum Gasteiger partial charge on any atom is 0.127 e. The molecule has 56 valence electrons. The van der Waals surface area contributed by atoms with Gasteiger partial charge in [-0.3, -0.25) is 4.84 Å². The summed E-state index contributed by atoms with van der Waals surface area (Å²) in [5, 5.41) is 0.884. The molecule has 1 aromatic rings. The fraction of sp³-hybridized carbons (Fsp3) is 0.400. The van der Waals surface area contributed by atoms with E-state index in [2.05, 4.69) is 25.8 Å². The van der Waals surface area contributed by atoms with Crippen LogP contribution in [0.2, 0.25) is 0 Å². The molecule has 0 aliphatic rings. The second kappa shape index (κ2) is 3.43. The lowest BCUT2D eigenvalue weighted by atomic mass is 10.4. The third-order valence-corrected chi connectivity index (χ3v) is 2.68. The first kappa shape index (κ1) is 8.13. The highest BCUT2D eigenvalue weighted by atomic mass is 79.9. The molecule has 5 heteroatoms. The number of rotatable bonds is 2. The number of hydrogen-bond acceptors (Lipinski definition) is 4. The van der Waals surface area contributed by atoms with Crippen molar-refractivity contribution in [3.8, 4) is 0 Å². The summed E-state index contributed by atoms with van der Waals surface area (Å²) in [7, 11) is 0. The van der Waals surface area contributed by atoms with Crippen molar-refractivity contribution in [2.24, 2.45) is 5.90 Å². The summed E-state index contributed by atoms with van der Waals surface area (Å²) < 4.78 is 0.992. The van der Waals surface area contributed by atoms with Crippen LogP contribution in [0.4, 0.5) is 0 Å². The highest BCUT2D eigenvalue weighted by Gasteiger charge is 2.07. The van der Waals surface area contributed by atoms with Gasteiger partial charge in [0.15, 0.2) is 0 Å². The molecule has 1 aromatic heterocycles. The summed E-state index contributed by atoms with van der Waals surface area (Å²) in [5.74, 6) is 4.96. The van der Waals surface area contributed by atoms with Gasteiger partial charge in [-0.25, -0.2) is 10.9 Å². The van der Waals surface area contributed by atoms with Crippen LogP contribution in [0.5, 0.6) is 0 Å². The minimum atomic E-state index is -0.115. The van der Waals surface area contributed by atoms with Gasteiger partial charge < -0.3 is 0 Å². The van der Waals surface area contributed by atoms with Crippen molar-refractivity contribution in [1.29, 1.82) is 0 Å². The molecule has 0 spiro atoms. The van der Waals surface area contributed by atoms with Gasteiger partial charge in [-0.05, 0) is 22.9 Å². The van der Waals surface area contributed by atoms with E-state index in [-0.39, 0.29) is 6.10 Å². The van der Waals surface area contributed by atoms with E-state index >= 15 is 0 Å². The monoisotopic (exact) mass is 222 g/mol. The van der Waals surface area contributed by atoms with Gasteiger partial charge in [-0.15, -0.1) is 11.3 Å². The lowest BCUT2D eigenvalue weighted by Gasteiger charge is -2.01. The lowest BCUT2D eigenvalue weighted by Crippen LogP contribution is -2.04. The van der Waals surface area contributed by atoms with E-state index in [1.807, 2.05) is 6.92 Å². The molecule has 0 radical (unpaired) electrons. The zero-order chi connectivity index (χ0) is 7.56. The average Bonchev–Trinajstić information content (AvgIpc) is 2.34. The molecule has 1 heterocycles. The Bertz CT molecular complexity index is 215. The van der Waals surface area contributed by atoms with E-state index in [0.717, 1.165) is 8.79 Å². The van der Waals surface area contributed by atoms with Gasteiger partial charge in [0.1, 0.15) is 11.1 Å². The van der Waals surface area contributed by atoms with Crippen LogP contribution < -0.4 is 5.90 Å². The fourth-order valence-electron chi connectivity index (χ4n) is 0.513. The van der Waals surface area contributed by atoms with Crippen LogP contribution in [0.1, 0.15) is 18.0 Å². The third kappa shape index (κ3) is 1.76. The van der Waals surface area contributed by atoms with Crippen molar-refractivity contribution in [3.05, 3.63) is 15.0 Å². The van der Waals surface area contributed by atoms with E-state index < -0.39 is 0 Å². The molecular weight excluding hydrogens is 216 g/mol. The smallest absolute Gasteiger partial charge is 0.127 e. The Kier molecular flexibility index (Phi) is 2.79. The molecule has 0 saturated heterocycles. The topological polar surface area (TPSA) is 48.1 Å². The Balaban J connectivity index is 2.74. The average molecular weight is 223 g/mol. The molecule has 0 aliphatic carbocycles. The Morgan fingerprint density at radius 3 is 3.00 bits per heavy atom. The van der Waals surface area contributed by atoms with E-state index in [4.69, 9.17) is 5.90 Å².